The molecule has 4 atom stereocenters. The lowest BCUT2D eigenvalue weighted by atomic mass is 10.0. The third-order valence-electron chi connectivity index (χ3n) is 6.05. The van der Waals surface area contributed by atoms with Gasteiger partial charge in [0.25, 0.3) is 0 Å². The monoisotopic (exact) mass is 473 g/mol. The molecule has 0 spiro atoms. The molecule has 2 amide bonds. The van der Waals surface area contributed by atoms with Gasteiger partial charge >= 0.3 is 0 Å². The third-order valence-corrected chi connectivity index (χ3v) is 6.41. The molecule has 0 radical (unpaired) electrons. The van der Waals surface area contributed by atoms with E-state index >= 15 is 0 Å². The molecule has 1 rings (SSSR count). The standard InChI is InChI=1S/C24H47N3O4S/c1-3-4-5-6-7-8-9-10-13-20(29)17-27(16-19(2)28)15-12-11-14-21-23(30)26-22(18-32)24(31)25-21/h19-22,28-29,32H,3-18H2,1-2H3,(H,25,31)(H,26,30). The molecule has 1 heterocycles. The summed E-state index contributed by atoms with van der Waals surface area (Å²) in [5, 5.41) is 25.7. The van der Waals surface area contributed by atoms with Crippen molar-refractivity contribution >= 4 is 24.4 Å². The van der Waals surface area contributed by atoms with E-state index in [9.17, 15) is 19.8 Å². The van der Waals surface area contributed by atoms with Crippen molar-refractivity contribution in [1.29, 1.82) is 0 Å². The largest absolute Gasteiger partial charge is 0.392 e. The summed E-state index contributed by atoms with van der Waals surface area (Å²) in [6.07, 6.45) is 12.2. The van der Waals surface area contributed by atoms with Crippen LogP contribution in [0.3, 0.4) is 0 Å². The van der Waals surface area contributed by atoms with Crippen LogP contribution in [-0.2, 0) is 9.59 Å². The maximum Gasteiger partial charge on any atom is 0.244 e. The van der Waals surface area contributed by atoms with Crippen LogP contribution in [0, 0.1) is 0 Å². The maximum absolute atomic E-state index is 12.1. The minimum Gasteiger partial charge on any atom is -0.392 e. The molecule has 0 bridgehead atoms. The number of hydrogen-bond acceptors (Lipinski definition) is 6. The molecule has 0 aliphatic carbocycles. The zero-order valence-corrected chi connectivity index (χ0v) is 21.1. The van der Waals surface area contributed by atoms with E-state index < -0.39 is 18.2 Å². The number of rotatable bonds is 19. The minimum atomic E-state index is -0.550. The van der Waals surface area contributed by atoms with Gasteiger partial charge in [-0.25, -0.2) is 0 Å². The molecule has 1 saturated heterocycles. The summed E-state index contributed by atoms with van der Waals surface area (Å²) in [6.45, 7) is 5.83. The molecule has 188 valence electrons. The Kier molecular flexibility index (Phi) is 16.1. The van der Waals surface area contributed by atoms with Crippen molar-refractivity contribution in [3.63, 3.8) is 0 Å². The molecular weight excluding hydrogens is 426 g/mol. The molecule has 1 aliphatic heterocycles. The Balaban J connectivity index is 2.23. The van der Waals surface area contributed by atoms with Crippen LogP contribution in [0.2, 0.25) is 0 Å². The fourth-order valence-electron chi connectivity index (χ4n) is 4.23. The van der Waals surface area contributed by atoms with Crippen LogP contribution in [0.4, 0.5) is 0 Å². The molecule has 4 unspecified atom stereocenters. The molecule has 32 heavy (non-hydrogen) atoms. The Morgan fingerprint density at radius 2 is 1.47 bits per heavy atom. The van der Waals surface area contributed by atoms with Crippen LogP contribution in [0.5, 0.6) is 0 Å². The van der Waals surface area contributed by atoms with Gasteiger partial charge in [0, 0.05) is 18.8 Å². The third kappa shape index (κ3) is 13.0. The molecule has 1 aliphatic rings. The number of piperazine rings is 1. The van der Waals surface area contributed by atoms with Crippen LogP contribution in [-0.4, -0.2) is 76.6 Å². The first-order valence-corrected chi connectivity index (χ1v) is 13.3. The summed E-state index contributed by atoms with van der Waals surface area (Å²) in [5.41, 5.74) is 0. The van der Waals surface area contributed by atoms with Crippen molar-refractivity contribution in [3.8, 4) is 0 Å². The van der Waals surface area contributed by atoms with E-state index in [2.05, 4.69) is 35.1 Å². The highest BCUT2D eigenvalue weighted by molar-refractivity contribution is 7.80. The number of carbonyl (C=O) groups is 2. The van der Waals surface area contributed by atoms with E-state index in [1.807, 2.05) is 0 Å². The number of nitrogens with one attached hydrogen (secondary N) is 2. The lowest BCUT2D eigenvalue weighted by molar-refractivity contribution is -0.136. The number of hydrogen-bond donors (Lipinski definition) is 5. The lowest BCUT2D eigenvalue weighted by Crippen LogP contribution is -2.62. The number of amides is 2. The van der Waals surface area contributed by atoms with Crippen LogP contribution in [0.1, 0.15) is 90.9 Å². The Morgan fingerprint density at radius 1 is 0.875 bits per heavy atom. The van der Waals surface area contributed by atoms with E-state index in [4.69, 9.17) is 0 Å². The molecule has 8 heteroatoms. The van der Waals surface area contributed by atoms with Gasteiger partial charge in [0.15, 0.2) is 0 Å². The number of aliphatic hydroxyl groups excluding tert-OH is 2. The van der Waals surface area contributed by atoms with Gasteiger partial charge in [-0.05, 0) is 39.2 Å². The smallest absolute Gasteiger partial charge is 0.244 e. The van der Waals surface area contributed by atoms with Crippen molar-refractivity contribution in [2.24, 2.45) is 0 Å². The van der Waals surface area contributed by atoms with Crippen molar-refractivity contribution in [2.75, 3.05) is 25.4 Å². The Bertz CT molecular complexity index is 521. The Morgan fingerprint density at radius 3 is 2.09 bits per heavy atom. The molecule has 0 saturated carbocycles. The number of nitrogens with zero attached hydrogens (tertiary/aromatic N) is 1. The normalized spacial score (nSPS) is 20.8. The fourth-order valence-corrected chi connectivity index (χ4v) is 4.48. The summed E-state index contributed by atoms with van der Waals surface area (Å²) in [7, 11) is 0. The molecule has 0 aromatic heterocycles. The lowest BCUT2D eigenvalue weighted by Gasteiger charge is -2.29. The number of aliphatic hydroxyl groups is 2. The zero-order valence-electron chi connectivity index (χ0n) is 20.2. The number of carbonyl (C=O) groups excluding carboxylic acids is 2. The van der Waals surface area contributed by atoms with E-state index in [0.29, 0.717) is 25.3 Å². The Labute approximate surface area is 200 Å². The highest BCUT2D eigenvalue weighted by atomic mass is 32.1. The minimum absolute atomic E-state index is 0.148. The molecule has 0 aromatic carbocycles. The van der Waals surface area contributed by atoms with Crippen LogP contribution in [0.25, 0.3) is 0 Å². The number of thiol groups is 1. The van der Waals surface area contributed by atoms with Gasteiger partial charge in [-0.3, -0.25) is 14.5 Å². The molecular formula is C24H47N3O4S. The first kappa shape index (κ1) is 29.2. The summed E-state index contributed by atoms with van der Waals surface area (Å²) >= 11 is 4.08. The van der Waals surface area contributed by atoms with Crippen molar-refractivity contribution in [3.05, 3.63) is 0 Å². The van der Waals surface area contributed by atoms with Gasteiger partial charge in [0.2, 0.25) is 11.8 Å². The summed E-state index contributed by atoms with van der Waals surface area (Å²) in [6, 6.07) is -1.04. The maximum atomic E-state index is 12.1. The first-order chi connectivity index (χ1) is 15.4. The second-order valence-corrected chi connectivity index (χ2v) is 9.69. The quantitative estimate of drug-likeness (QED) is 0.147. The van der Waals surface area contributed by atoms with Crippen molar-refractivity contribution in [1.82, 2.24) is 15.5 Å². The van der Waals surface area contributed by atoms with Crippen LogP contribution < -0.4 is 10.6 Å². The van der Waals surface area contributed by atoms with Crippen LogP contribution in [0.15, 0.2) is 0 Å². The summed E-state index contributed by atoms with van der Waals surface area (Å²) in [5.74, 6) is -0.0328. The number of unbranched alkanes of at least 4 members (excludes halogenated alkanes) is 8. The van der Waals surface area contributed by atoms with Gasteiger partial charge in [0.1, 0.15) is 12.1 Å². The zero-order chi connectivity index (χ0) is 23.8. The van der Waals surface area contributed by atoms with Gasteiger partial charge in [-0.2, -0.15) is 12.6 Å². The van der Waals surface area contributed by atoms with Gasteiger partial charge in [-0.15, -0.1) is 0 Å². The molecule has 1 fully saturated rings. The average molecular weight is 474 g/mol. The van der Waals surface area contributed by atoms with Gasteiger partial charge in [-0.1, -0.05) is 58.3 Å². The second kappa shape index (κ2) is 17.6. The SMILES string of the molecule is CCCCCCCCCCC(O)CN(CCCCC1NC(=O)C(CS)NC1=O)CC(C)O. The van der Waals surface area contributed by atoms with E-state index in [-0.39, 0.29) is 17.9 Å². The van der Waals surface area contributed by atoms with Crippen molar-refractivity contribution in [2.45, 2.75) is 115 Å². The average Bonchev–Trinajstić information content (AvgIpc) is 2.74. The second-order valence-electron chi connectivity index (χ2n) is 9.33. The van der Waals surface area contributed by atoms with E-state index in [1.54, 1.807) is 6.92 Å². The molecule has 7 nitrogen and oxygen atoms in total. The van der Waals surface area contributed by atoms with Gasteiger partial charge in [0.05, 0.1) is 12.2 Å². The Hall–Kier alpha value is -0.830. The topological polar surface area (TPSA) is 102 Å². The molecule has 4 N–H and O–H groups in total. The summed E-state index contributed by atoms with van der Waals surface area (Å²) in [4.78, 5) is 26.1. The van der Waals surface area contributed by atoms with E-state index in [0.717, 1.165) is 32.2 Å². The fraction of sp³-hybridized carbons (Fsp3) is 0.917. The predicted molar refractivity (Wildman–Crippen MR) is 133 cm³/mol. The van der Waals surface area contributed by atoms with Gasteiger partial charge < -0.3 is 20.8 Å². The highest BCUT2D eigenvalue weighted by Gasteiger charge is 2.32. The first-order valence-electron chi connectivity index (χ1n) is 12.7. The van der Waals surface area contributed by atoms with E-state index in [1.165, 1.54) is 44.9 Å². The van der Waals surface area contributed by atoms with Crippen molar-refractivity contribution < 1.29 is 19.8 Å². The summed E-state index contributed by atoms with van der Waals surface area (Å²) < 4.78 is 0. The predicted octanol–water partition coefficient (Wildman–Crippen LogP) is 2.64. The molecule has 0 aromatic rings. The van der Waals surface area contributed by atoms with Crippen LogP contribution >= 0.6 is 12.6 Å². The highest BCUT2D eigenvalue weighted by Crippen LogP contribution is 2.12.